The molecule has 2 amide bonds. The molecular formula is C19H19FN2O2. The van der Waals surface area contributed by atoms with Crippen molar-refractivity contribution in [3.63, 3.8) is 0 Å². The SMILES string of the molecule is CN1CCN(C(=O)c2ccc(-c3ccccc3F)cc2)CCC1=O. The van der Waals surface area contributed by atoms with Crippen LogP contribution in [0.1, 0.15) is 16.8 Å². The predicted molar refractivity (Wildman–Crippen MR) is 90.0 cm³/mol. The number of nitrogens with zero attached hydrogens (tertiary/aromatic N) is 2. The number of halogens is 1. The number of benzene rings is 2. The summed E-state index contributed by atoms with van der Waals surface area (Å²) in [5.74, 6) is -0.330. The molecule has 1 aliphatic rings. The van der Waals surface area contributed by atoms with Gasteiger partial charge in [0.25, 0.3) is 5.91 Å². The lowest BCUT2D eigenvalue weighted by molar-refractivity contribution is -0.129. The maximum absolute atomic E-state index is 13.8. The van der Waals surface area contributed by atoms with E-state index in [0.29, 0.717) is 37.2 Å². The normalized spacial score (nSPS) is 15.3. The second-order valence-electron chi connectivity index (χ2n) is 5.91. The molecule has 0 saturated carbocycles. The van der Waals surface area contributed by atoms with Crippen LogP contribution in [0.15, 0.2) is 48.5 Å². The second kappa shape index (κ2) is 6.83. The predicted octanol–water partition coefficient (Wildman–Crippen LogP) is 2.80. The first-order valence-corrected chi connectivity index (χ1v) is 7.94. The molecule has 4 nitrogen and oxygen atoms in total. The van der Waals surface area contributed by atoms with Gasteiger partial charge in [0.05, 0.1) is 0 Å². The van der Waals surface area contributed by atoms with Crippen molar-refractivity contribution < 1.29 is 14.0 Å². The van der Waals surface area contributed by atoms with Crippen molar-refractivity contribution in [1.29, 1.82) is 0 Å². The highest BCUT2D eigenvalue weighted by atomic mass is 19.1. The summed E-state index contributed by atoms with van der Waals surface area (Å²) in [6.45, 7) is 1.49. The molecule has 0 spiro atoms. The summed E-state index contributed by atoms with van der Waals surface area (Å²) >= 11 is 0. The van der Waals surface area contributed by atoms with Gasteiger partial charge in [-0.3, -0.25) is 9.59 Å². The van der Waals surface area contributed by atoms with Gasteiger partial charge >= 0.3 is 0 Å². The number of rotatable bonds is 2. The van der Waals surface area contributed by atoms with Crippen LogP contribution in [0, 0.1) is 5.82 Å². The van der Waals surface area contributed by atoms with Gasteiger partial charge in [0.2, 0.25) is 5.91 Å². The monoisotopic (exact) mass is 326 g/mol. The van der Waals surface area contributed by atoms with Crippen LogP contribution in [0.2, 0.25) is 0 Å². The molecule has 0 aromatic heterocycles. The molecule has 0 bridgehead atoms. The molecule has 1 aliphatic heterocycles. The molecule has 0 atom stereocenters. The lowest BCUT2D eigenvalue weighted by Crippen LogP contribution is -2.34. The topological polar surface area (TPSA) is 40.6 Å². The van der Waals surface area contributed by atoms with Crippen molar-refractivity contribution in [2.24, 2.45) is 0 Å². The molecule has 0 unspecified atom stereocenters. The number of carbonyl (C=O) groups is 2. The summed E-state index contributed by atoms with van der Waals surface area (Å²) < 4.78 is 13.8. The fourth-order valence-electron chi connectivity index (χ4n) is 2.80. The van der Waals surface area contributed by atoms with Crippen molar-refractivity contribution in [2.75, 3.05) is 26.7 Å². The Hall–Kier alpha value is -2.69. The minimum atomic E-state index is -0.286. The Kier molecular flexibility index (Phi) is 4.60. The second-order valence-corrected chi connectivity index (χ2v) is 5.91. The number of amides is 2. The van der Waals surface area contributed by atoms with Crippen LogP contribution in [0.4, 0.5) is 4.39 Å². The molecule has 0 N–H and O–H groups in total. The van der Waals surface area contributed by atoms with E-state index in [0.717, 1.165) is 5.56 Å². The number of carbonyl (C=O) groups excluding carboxylic acids is 2. The Morgan fingerprint density at radius 2 is 1.71 bits per heavy atom. The van der Waals surface area contributed by atoms with Crippen LogP contribution < -0.4 is 0 Å². The molecule has 1 heterocycles. The van der Waals surface area contributed by atoms with Crippen LogP contribution >= 0.6 is 0 Å². The van der Waals surface area contributed by atoms with E-state index in [1.807, 2.05) is 0 Å². The van der Waals surface area contributed by atoms with Crippen molar-refractivity contribution in [3.8, 4) is 11.1 Å². The van der Waals surface area contributed by atoms with E-state index in [-0.39, 0.29) is 17.6 Å². The van der Waals surface area contributed by atoms with Gasteiger partial charge in [0.15, 0.2) is 0 Å². The zero-order chi connectivity index (χ0) is 17.1. The molecule has 2 aromatic rings. The van der Waals surface area contributed by atoms with E-state index in [1.54, 1.807) is 59.3 Å². The zero-order valence-corrected chi connectivity index (χ0v) is 13.5. The van der Waals surface area contributed by atoms with Crippen LogP contribution in [0.25, 0.3) is 11.1 Å². The molecule has 3 rings (SSSR count). The van der Waals surface area contributed by atoms with Crippen molar-refractivity contribution >= 4 is 11.8 Å². The molecular weight excluding hydrogens is 307 g/mol. The summed E-state index contributed by atoms with van der Waals surface area (Å²) in [5.41, 5.74) is 1.79. The van der Waals surface area contributed by atoms with Gasteiger partial charge in [-0.15, -0.1) is 0 Å². The Morgan fingerprint density at radius 3 is 2.42 bits per heavy atom. The standard InChI is InChI=1S/C19H19FN2O2/c1-21-12-13-22(11-10-18(21)23)19(24)15-8-6-14(7-9-15)16-4-2-3-5-17(16)20/h2-9H,10-13H2,1H3. The van der Waals surface area contributed by atoms with Crippen molar-refractivity contribution in [1.82, 2.24) is 9.80 Å². The Balaban J connectivity index is 1.77. The van der Waals surface area contributed by atoms with Gasteiger partial charge in [-0.1, -0.05) is 30.3 Å². The van der Waals surface area contributed by atoms with Crippen LogP contribution in [-0.2, 0) is 4.79 Å². The number of likely N-dealkylation sites (N-methyl/N-ethyl adjacent to an activating group) is 1. The lowest BCUT2D eigenvalue weighted by atomic mass is 10.0. The molecule has 5 heteroatoms. The van der Waals surface area contributed by atoms with Crippen LogP contribution in [0.5, 0.6) is 0 Å². The van der Waals surface area contributed by atoms with E-state index < -0.39 is 0 Å². The minimum absolute atomic E-state index is 0.0557. The van der Waals surface area contributed by atoms with Crippen molar-refractivity contribution in [3.05, 3.63) is 59.9 Å². The summed E-state index contributed by atoms with van der Waals surface area (Å²) in [6.07, 6.45) is 0.343. The molecule has 24 heavy (non-hydrogen) atoms. The number of hydrogen-bond acceptors (Lipinski definition) is 2. The molecule has 124 valence electrons. The van der Waals surface area contributed by atoms with Gasteiger partial charge < -0.3 is 9.80 Å². The number of hydrogen-bond donors (Lipinski definition) is 0. The van der Waals surface area contributed by atoms with Crippen molar-refractivity contribution in [2.45, 2.75) is 6.42 Å². The van der Waals surface area contributed by atoms with Gasteiger partial charge in [-0.05, 0) is 23.8 Å². The van der Waals surface area contributed by atoms with Gasteiger partial charge in [-0.25, -0.2) is 4.39 Å². The maximum atomic E-state index is 13.8. The average Bonchev–Trinajstić information content (AvgIpc) is 2.77. The highest BCUT2D eigenvalue weighted by molar-refractivity contribution is 5.95. The fourth-order valence-corrected chi connectivity index (χ4v) is 2.80. The Labute approximate surface area is 140 Å². The van der Waals surface area contributed by atoms with E-state index in [4.69, 9.17) is 0 Å². The van der Waals surface area contributed by atoms with Gasteiger partial charge in [-0.2, -0.15) is 0 Å². The summed E-state index contributed by atoms with van der Waals surface area (Å²) in [7, 11) is 1.75. The zero-order valence-electron chi connectivity index (χ0n) is 13.5. The van der Waals surface area contributed by atoms with Crippen LogP contribution in [-0.4, -0.2) is 48.3 Å². The Bertz CT molecular complexity index is 758. The Morgan fingerprint density at radius 1 is 1.00 bits per heavy atom. The third-order valence-corrected chi connectivity index (χ3v) is 4.33. The van der Waals surface area contributed by atoms with E-state index in [1.165, 1.54) is 6.07 Å². The van der Waals surface area contributed by atoms with E-state index in [9.17, 15) is 14.0 Å². The third-order valence-electron chi connectivity index (χ3n) is 4.33. The largest absolute Gasteiger partial charge is 0.344 e. The molecule has 1 fully saturated rings. The molecule has 0 radical (unpaired) electrons. The van der Waals surface area contributed by atoms with E-state index >= 15 is 0 Å². The highest BCUT2D eigenvalue weighted by Gasteiger charge is 2.22. The highest BCUT2D eigenvalue weighted by Crippen LogP contribution is 2.23. The average molecular weight is 326 g/mol. The third kappa shape index (κ3) is 3.30. The minimum Gasteiger partial charge on any atom is -0.344 e. The summed E-state index contributed by atoms with van der Waals surface area (Å²) in [5, 5.41) is 0. The molecule has 2 aromatic carbocycles. The first-order chi connectivity index (χ1) is 11.6. The summed E-state index contributed by atoms with van der Waals surface area (Å²) in [4.78, 5) is 27.6. The quantitative estimate of drug-likeness (QED) is 0.851. The first-order valence-electron chi connectivity index (χ1n) is 7.94. The first kappa shape index (κ1) is 16.2. The van der Waals surface area contributed by atoms with Gasteiger partial charge in [0.1, 0.15) is 5.82 Å². The smallest absolute Gasteiger partial charge is 0.253 e. The molecule has 1 saturated heterocycles. The van der Waals surface area contributed by atoms with Gasteiger partial charge in [0, 0.05) is 44.2 Å². The summed E-state index contributed by atoms with van der Waals surface area (Å²) in [6, 6.07) is 13.5. The maximum Gasteiger partial charge on any atom is 0.253 e. The molecule has 0 aliphatic carbocycles. The lowest BCUT2D eigenvalue weighted by Gasteiger charge is -2.20. The van der Waals surface area contributed by atoms with Crippen LogP contribution in [0.3, 0.4) is 0 Å². The van der Waals surface area contributed by atoms with E-state index in [2.05, 4.69) is 0 Å². The fraction of sp³-hybridized carbons (Fsp3) is 0.263.